The molecule has 0 amide bonds. The van der Waals surface area contributed by atoms with E-state index in [1.807, 2.05) is 0 Å². The summed E-state index contributed by atoms with van der Waals surface area (Å²) in [5.41, 5.74) is 0.0124. The van der Waals surface area contributed by atoms with Crippen molar-refractivity contribution in [3.63, 3.8) is 0 Å². The number of nitro benzene ring substituents is 1. The van der Waals surface area contributed by atoms with E-state index in [-0.39, 0.29) is 11.3 Å². The van der Waals surface area contributed by atoms with E-state index in [2.05, 4.69) is 22.3 Å². The second-order valence-corrected chi connectivity index (χ2v) is 7.02. The van der Waals surface area contributed by atoms with Gasteiger partial charge in [-0.05, 0) is 49.1 Å². The first-order chi connectivity index (χ1) is 12.5. The molecule has 8 nitrogen and oxygen atoms in total. The molecular weight excluding hydrogens is 356 g/mol. The van der Waals surface area contributed by atoms with Crippen molar-refractivity contribution in [2.75, 3.05) is 6.61 Å². The number of aromatic nitrogens is 3. The Balaban J connectivity index is 1.73. The number of aryl methyl sites for hydroxylation is 1. The number of nitro groups is 1. The maximum absolute atomic E-state index is 12.2. The number of esters is 1. The number of ether oxygens (including phenoxy) is 1. The Morgan fingerprint density at radius 1 is 1.46 bits per heavy atom. The molecule has 0 spiro atoms. The van der Waals surface area contributed by atoms with Crippen LogP contribution in [-0.2, 0) is 11.8 Å². The number of nitrogens with zero attached hydrogens (tertiary/aromatic N) is 4. The van der Waals surface area contributed by atoms with E-state index in [9.17, 15) is 14.9 Å². The van der Waals surface area contributed by atoms with Crippen molar-refractivity contribution in [1.82, 2.24) is 14.8 Å². The molecule has 1 aromatic carbocycles. The van der Waals surface area contributed by atoms with E-state index in [1.54, 1.807) is 11.6 Å². The van der Waals surface area contributed by atoms with Crippen LogP contribution < -0.4 is 0 Å². The normalized spacial score (nSPS) is 16.4. The highest BCUT2D eigenvalue weighted by atomic mass is 32.2. The first-order valence-corrected chi connectivity index (χ1v) is 8.98. The highest BCUT2D eigenvalue weighted by Crippen LogP contribution is 2.34. The molecule has 0 N–H and O–H groups in total. The Hall–Kier alpha value is -2.68. The van der Waals surface area contributed by atoms with Crippen LogP contribution in [0.15, 0.2) is 46.7 Å². The minimum Gasteiger partial charge on any atom is -0.462 e. The number of benzene rings is 1. The average molecular weight is 374 g/mol. The van der Waals surface area contributed by atoms with E-state index < -0.39 is 10.9 Å². The van der Waals surface area contributed by atoms with Crippen molar-refractivity contribution >= 4 is 23.4 Å². The fraction of sp³-hybridized carbons (Fsp3) is 0.353. The van der Waals surface area contributed by atoms with Crippen molar-refractivity contribution < 1.29 is 14.5 Å². The molecule has 136 valence electrons. The van der Waals surface area contributed by atoms with Crippen LogP contribution >= 0.6 is 11.8 Å². The summed E-state index contributed by atoms with van der Waals surface area (Å²) in [6.07, 6.45) is 8.58. The van der Waals surface area contributed by atoms with Gasteiger partial charge in [0, 0.05) is 13.1 Å². The number of allylic oxidation sites excluding steroid dienone is 2. The maximum atomic E-state index is 12.2. The molecule has 0 bridgehead atoms. The molecule has 3 rings (SSSR count). The van der Waals surface area contributed by atoms with Gasteiger partial charge in [0.25, 0.3) is 5.69 Å². The fourth-order valence-electron chi connectivity index (χ4n) is 2.62. The first-order valence-electron chi connectivity index (χ1n) is 8.17. The fourth-order valence-corrected chi connectivity index (χ4v) is 3.47. The second kappa shape index (κ2) is 8.13. The third-order valence-corrected chi connectivity index (χ3v) is 5.21. The number of carbonyl (C=O) groups excluding carboxylic acids is 1. The van der Waals surface area contributed by atoms with E-state index in [1.165, 1.54) is 24.5 Å². The second-order valence-electron chi connectivity index (χ2n) is 6.02. The van der Waals surface area contributed by atoms with Gasteiger partial charge in [-0.3, -0.25) is 10.1 Å². The highest BCUT2D eigenvalue weighted by Gasteiger charge is 2.21. The molecule has 0 aliphatic heterocycles. The lowest BCUT2D eigenvalue weighted by Crippen LogP contribution is -2.15. The van der Waals surface area contributed by atoms with E-state index in [4.69, 9.17) is 4.74 Å². The lowest BCUT2D eigenvalue weighted by molar-refractivity contribution is -0.387. The van der Waals surface area contributed by atoms with Gasteiger partial charge in [-0.15, -0.1) is 10.2 Å². The van der Waals surface area contributed by atoms with E-state index >= 15 is 0 Å². The van der Waals surface area contributed by atoms with Crippen LogP contribution in [0.1, 0.15) is 29.6 Å². The van der Waals surface area contributed by atoms with Gasteiger partial charge in [0.1, 0.15) is 6.33 Å². The summed E-state index contributed by atoms with van der Waals surface area (Å²) in [5.74, 6) is -0.234. The van der Waals surface area contributed by atoms with Crippen LogP contribution in [0.4, 0.5) is 5.69 Å². The molecule has 0 saturated carbocycles. The molecule has 9 heteroatoms. The van der Waals surface area contributed by atoms with Gasteiger partial charge >= 0.3 is 5.97 Å². The molecule has 1 heterocycles. The Labute approximate surface area is 154 Å². The van der Waals surface area contributed by atoms with Gasteiger partial charge in [-0.2, -0.15) is 0 Å². The average Bonchev–Trinajstić information content (AvgIpc) is 3.05. The first kappa shape index (κ1) is 18.1. The SMILES string of the molecule is Cn1cnnc1Sc1ccc(C(=O)OCC2CC=CCC2)cc1[N+](=O)[O-]. The number of hydrogen-bond donors (Lipinski definition) is 0. The zero-order valence-electron chi connectivity index (χ0n) is 14.2. The quantitative estimate of drug-likeness (QED) is 0.331. The van der Waals surface area contributed by atoms with Gasteiger partial charge in [0.15, 0.2) is 5.16 Å². The third kappa shape index (κ3) is 4.29. The van der Waals surface area contributed by atoms with Gasteiger partial charge in [-0.1, -0.05) is 12.2 Å². The van der Waals surface area contributed by atoms with Crippen LogP contribution in [0.5, 0.6) is 0 Å². The summed E-state index contributed by atoms with van der Waals surface area (Å²) < 4.78 is 7.00. The zero-order chi connectivity index (χ0) is 18.5. The zero-order valence-corrected chi connectivity index (χ0v) is 15.0. The number of carbonyl (C=O) groups is 1. The Morgan fingerprint density at radius 2 is 2.31 bits per heavy atom. The molecule has 0 radical (unpaired) electrons. The molecule has 1 aliphatic carbocycles. The molecule has 1 aromatic heterocycles. The molecular formula is C17H18N4O4S. The van der Waals surface area contributed by atoms with Crippen molar-refractivity contribution in [3.8, 4) is 0 Å². The van der Waals surface area contributed by atoms with Crippen LogP contribution in [0, 0.1) is 16.0 Å². The van der Waals surface area contributed by atoms with E-state index in [0.29, 0.717) is 22.6 Å². The smallest absolute Gasteiger partial charge is 0.338 e. The predicted molar refractivity (Wildman–Crippen MR) is 95.0 cm³/mol. The largest absolute Gasteiger partial charge is 0.462 e. The molecule has 1 atom stereocenters. The van der Waals surface area contributed by atoms with Crippen LogP contribution in [0.2, 0.25) is 0 Å². The number of hydrogen-bond acceptors (Lipinski definition) is 7. The molecule has 2 aromatic rings. The van der Waals surface area contributed by atoms with Crippen LogP contribution in [0.25, 0.3) is 0 Å². The van der Waals surface area contributed by atoms with Crippen LogP contribution in [-0.4, -0.2) is 32.3 Å². The maximum Gasteiger partial charge on any atom is 0.338 e. The van der Waals surface area contributed by atoms with E-state index in [0.717, 1.165) is 31.0 Å². The molecule has 1 unspecified atom stereocenters. The Morgan fingerprint density at radius 3 is 2.96 bits per heavy atom. The van der Waals surface area contributed by atoms with Gasteiger partial charge < -0.3 is 9.30 Å². The topological polar surface area (TPSA) is 100 Å². The summed E-state index contributed by atoms with van der Waals surface area (Å²) in [5, 5.41) is 19.6. The van der Waals surface area contributed by atoms with Crippen molar-refractivity contribution in [3.05, 3.63) is 52.4 Å². The summed E-state index contributed by atoms with van der Waals surface area (Å²) in [6, 6.07) is 4.33. The molecule has 0 saturated heterocycles. The molecule has 1 aliphatic rings. The minimum atomic E-state index is -0.544. The van der Waals surface area contributed by atoms with Crippen molar-refractivity contribution in [2.24, 2.45) is 13.0 Å². The summed E-state index contributed by atoms with van der Waals surface area (Å²) >= 11 is 1.12. The minimum absolute atomic E-state index is 0.159. The highest BCUT2D eigenvalue weighted by molar-refractivity contribution is 7.99. The van der Waals surface area contributed by atoms with Crippen molar-refractivity contribution in [1.29, 1.82) is 0 Å². The third-order valence-electron chi connectivity index (χ3n) is 4.09. The lowest BCUT2D eigenvalue weighted by atomic mass is 9.95. The summed E-state index contributed by atoms with van der Waals surface area (Å²) in [4.78, 5) is 23.5. The van der Waals surface area contributed by atoms with Gasteiger partial charge in [0.2, 0.25) is 0 Å². The number of rotatable bonds is 6. The Bertz CT molecular complexity index is 849. The van der Waals surface area contributed by atoms with Crippen LogP contribution in [0.3, 0.4) is 0 Å². The molecule has 26 heavy (non-hydrogen) atoms. The standard InChI is InChI=1S/C17H18N4O4S/c1-20-11-18-19-17(20)26-15-8-7-13(9-14(15)21(23)24)16(22)25-10-12-5-3-2-4-6-12/h2-3,7-9,11-12H,4-6,10H2,1H3. The predicted octanol–water partition coefficient (Wildman–Crippen LogP) is 3.39. The Kier molecular flexibility index (Phi) is 5.67. The monoisotopic (exact) mass is 374 g/mol. The summed E-state index contributed by atoms with van der Waals surface area (Å²) in [7, 11) is 1.75. The van der Waals surface area contributed by atoms with Crippen molar-refractivity contribution in [2.45, 2.75) is 29.3 Å². The lowest BCUT2D eigenvalue weighted by Gasteiger charge is -2.17. The van der Waals surface area contributed by atoms with Gasteiger partial charge in [0.05, 0.1) is 22.0 Å². The molecule has 0 fully saturated rings. The summed E-state index contributed by atoms with van der Waals surface area (Å²) in [6.45, 7) is 0.326. The van der Waals surface area contributed by atoms with Gasteiger partial charge in [-0.25, -0.2) is 4.79 Å².